The molecule has 3 heteroatoms. The van der Waals surface area contributed by atoms with E-state index in [4.69, 9.17) is 5.73 Å². The lowest BCUT2D eigenvalue weighted by atomic mass is 10.2. The molecule has 1 aliphatic rings. The summed E-state index contributed by atoms with van der Waals surface area (Å²) in [7, 11) is 0. The normalized spacial score (nSPS) is 12.4. The van der Waals surface area contributed by atoms with Gasteiger partial charge in [0, 0.05) is 23.1 Å². The van der Waals surface area contributed by atoms with Crippen LogP contribution in [0.2, 0.25) is 0 Å². The maximum absolute atomic E-state index is 5.54. The summed E-state index contributed by atoms with van der Waals surface area (Å²) in [4.78, 5) is 3.04. The lowest BCUT2D eigenvalue weighted by Crippen LogP contribution is -1.90. The maximum Gasteiger partial charge on any atom is 0.101 e. The van der Waals surface area contributed by atoms with E-state index >= 15 is 0 Å². The van der Waals surface area contributed by atoms with Crippen molar-refractivity contribution in [2.75, 3.05) is 17.6 Å². The van der Waals surface area contributed by atoms with E-state index in [0.717, 1.165) is 17.9 Å². The number of fused-ring (bicyclic) bond motifs is 2. The number of nitrogen functional groups attached to an aromatic ring is 1. The van der Waals surface area contributed by atoms with Crippen LogP contribution < -0.4 is 11.1 Å². The standard InChI is InChI=1S/C8H8N2.C8H9N/c9-8-5-6-3-1-2-4-7(6)10-8;1-2-4-8-7(3-1)5-6-9-8/h1-5,10H,9H2;1-4,9H,5-6H2. The first-order valence-electron chi connectivity index (χ1n) is 6.48. The van der Waals surface area contributed by atoms with Crippen molar-refractivity contribution in [3.05, 3.63) is 60.2 Å². The monoisotopic (exact) mass is 251 g/mol. The highest BCUT2D eigenvalue weighted by Crippen LogP contribution is 2.20. The van der Waals surface area contributed by atoms with Gasteiger partial charge in [0.1, 0.15) is 5.82 Å². The van der Waals surface area contributed by atoms with Crippen LogP contribution in [0.25, 0.3) is 10.9 Å². The van der Waals surface area contributed by atoms with E-state index in [-0.39, 0.29) is 0 Å². The van der Waals surface area contributed by atoms with Crippen LogP contribution in [0.4, 0.5) is 11.5 Å². The van der Waals surface area contributed by atoms with Gasteiger partial charge in [-0.3, -0.25) is 0 Å². The Balaban J connectivity index is 0.000000117. The lowest BCUT2D eigenvalue weighted by molar-refractivity contribution is 1.11. The van der Waals surface area contributed by atoms with Gasteiger partial charge in [0.2, 0.25) is 0 Å². The molecule has 1 aromatic heterocycles. The Morgan fingerprint density at radius 3 is 2.58 bits per heavy atom. The van der Waals surface area contributed by atoms with E-state index < -0.39 is 0 Å². The minimum atomic E-state index is 0.723. The molecule has 4 N–H and O–H groups in total. The molecule has 0 radical (unpaired) electrons. The van der Waals surface area contributed by atoms with E-state index in [1.165, 1.54) is 23.1 Å². The van der Waals surface area contributed by atoms with Gasteiger partial charge in [-0.2, -0.15) is 0 Å². The third-order valence-electron chi connectivity index (χ3n) is 3.28. The van der Waals surface area contributed by atoms with Crippen molar-refractivity contribution in [1.82, 2.24) is 4.98 Å². The molecular formula is C16H17N3. The topological polar surface area (TPSA) is 53.8 Å². The summed E-state index contributed by atoms with van der Waals surface area (Å²) in [5, 5.41) is 4.47. The number of hydrogen-bond acceptors (Lipinski definition) is 2. The molecule has 0 fully saturated rings. The van der Waals surface area contributed by atoms with Crippen LogP contribution in [0.1, 0.15) is 5.56 Å². The highest BCUT2D eigenvalue weighted by Gasteiger charge is 2.05. The molecule has 0 saturated carbocycles. The van der Waals surface area contributed by atoms with E-state index in [0.29, 0.717) is 0 Å². The number of nitrogens with one attached hydrogen (secondary N) is 2. The summed E-state index contributed by atoms with van der Waals surface area (Å²) in [5.74, 6) is 0.723. The predicted octanol–water partition coefficient (Wildman–Crippen LogP) is 3.40. The molecule has 2 heterocycles. The fourth-order valence-corrected chi connectivity index (χ4v) is 2.34. The average molecular weight is 251 g/mol. The molecule has 0 unspecified atom stereocenters. The number of benzene rings is 2. The van der Waals surface area contributed by atoms with Gasteiger partial charge in [-0.05, 0) is 30.2 Å². The van der Waals surface area contributed by atoms with Gasteiger partial charge >= 0.3 is 0 Å². The Morgan fingerprint density at radius 2 is 1.74 bits per heavy atom. The Kier molecular flexibility index (Phi) is 3.11. The van der Waals surface area contributed by atoms with Crippen molar-refractivity contribution in [2.24, 2.45) is 0 Å². The summed E-state index contributed by atoms with van der Waals surface area (Å²) in [6.45, 7) is 1.11. The number of H-pyrrole nitrogens is 1. The zero-order chi connectivity index (χ0) is 13.1. The Hall–Kier alpha value is -2.42. The zero-order valence-corrected chi connectivity index (χ0v) is 10.7. The average Bonchev–Trinajstić information content (AvgIpc) is 3.03. The summed E-state index contributed by atoms with van der Waals surface area (Å²) < 4.78 is 0. The largest absolute Gasteiger partial charge is 0.385 e. The minimum Gasteiger partial charge on any atom is -0.385 e. The van der Waals surface area contributed by atoms with Crippen molar-refractivity contribution in [2.45, 2.75) is 6.42 Å². The molecule has 4 rings (SSSR count). The smallest absolute Gasteiger partial charge is 0.101 e. The van der Waals surface area contributed by atoms with Crippen molar-refractivity contribution in [3.63, 3.8) is 0 Å². The number of para-hydroxylation sites is 2. The summed E-state index contributed by atoms with van der Waals surface area (Å²) in [6, 6.07) is 18.4. The van der Waals surface area contributed by atoms with Crippen LogP contribution in [0.15, 0.2) is 54.6 Å². The summed E-state index contributed by atoms with van der Waals surface area (Å²) in [6.07, 6.45) is 1.19. The minimum absolute atomic E-state index is 0.723. The highest BCUT2D eigenvalue weighted by molar-refractivity contribution is 5.83. The first-order valence-corrected chi connectivity index (χ1v) is 6.48. The molecule has 3 aromatic rings. The van der Waals surface area contributed by atoms with Crippen LogP contribution in [0, 0.1) is 0 Å². The molecule has 0 atom stereocenters. The molecule has 2 aromatic carbocycles. The van der Waals surface area contributed by atoms with Gasteiger partial charge in [0.05, 0.1) is 0 Å². The molecule has 3 nitrogen and oxygen atoms in total. The zero-order valence-electron chi connectivity index (χ0n) is 10.7. The van der Waals surface area contributed by atoms with Gasteiger partial charge < -0.3 is 16.0 Å². The van der Waals surface area contributed by atoms with Gasteiger partial charge in [0.15, 0.2) is 0 Å². The quantitative estimate of drug-likeness (QED) is 0.573. The van der Waals surface area contributed by atoms with E-state index in [9.17, 15) is 0 Å². The van der Waals surface area contributed by atoms with E-state index in [1.54, 1.807) is 0 Å². The third kappa shape index (κ3) is 2.55. The Labute approximate surface area is 112 Å². The third-order valence-corrected chi connectivity index (χ3v) is 3.28. The maximum atomic E-state index is 5.54. The fraction of sp³-hybridized carbons (Fsp3) is 0.125. The molecule has 0 bridgehead atoms. The number of aromatic amines is 1. The summed E-state index contributed by atoms with van der Waals surface area (Å²) >= 11 is 0. The fourth-order valence-electron chi connectivity index (χ4n) is 2.34. The number of rotatable bonds is 0. The molecule has 96 valence electrons. The van der Waals surface area contributed by atoms with E-state index in [2.05, 4.69) is 34.6 Å². The number of anilines is 2. The van der Waals surface area contributed by atoms with Gasteiger partial charge in [-0.25, -0.2) is 0 Å². The van der Waals surface area contributed by atoms with Crippen LogP contribution >= 0.6 is 0 Å². The first-order chi connectivity index (χ1) is 9.33. The molecule has 0 saturated heterocycles. The molecule has 19 heavy (non-hydrogen) atoms. The van der Waals surface area contributed by atoms with E-state index in [1.807, 2.05) is 30.3 Å². The van der Waals surface area contributed by atoms with Crippen molar-refractivity contribution < 1.29 is 0 Å². The first kappa shape index (κ1) is 11.7. The Bertz CT molecular complexity index is 629. The predicted molar refractivity (Wildman–Crippen MR) is 81.3 cm³/mol. The Morgan fingerprint density at radius 1 is 0.947 bits per heavy atom. The lowest BCUT2D eigenvalue weighted by Gasteiger charge is -1.94. The van der Waals surface area contributed by atoms with Crippen LogP contribution in [-0.4, -0.2) is 11.5 Å². The molecule has 0 aliphatic carbocycles. The second kappa shape index (κ2) is 5.06. The van der Waals surface area contributed by atoms with Gasteiger partial charge in [0.25, 0.3) is 0 Å². The second-order valence-electron chi connectivity index (χ2n) is 4.65. The van der Waals surface area contributed by atoms with Crippen molar-refractivity contribution in [3.8, 4) is 0 Å². The summed E-state index contributed by atoms with van der Waals surface area (Å²) in [5.41, 5.74) is 9.41. The molecule has 1 aliphatic heterocycles. The van der Waals surface area contributed by atoms with Gasteiger partial charge in [-0.15, -0.1) is 0 Å². The molecule has 0 amide bonds. The highest BCUT2D eigenvalue weighted by atomic mass is 14.9. The van der Waals surface area contributed by atoms with Crippen LogP contribution in [-0.2, 0) is 6.42 Å². The van der Waals surface area contributed by atoms with Crippen LogP contribution in [0.3, 0.4) is 0 Å². The second-order valence-corrected chi connectivity index (χ2v) is 4.65. The van der Waals surface area contributed by atoms with Crippen molar-refractivity contribution in [1.29, 1.82) is 0 Å². The SMILES string of the molecule is Nc1cc2ccccc2[nH]1.c1ccc2c(c1)CCN2. The van der Waals surface area contributed by atoms with Crippen molar-refractivity contribution >= 4 is 22.4 Å². The van der Waals surface area contributed by atoms with Gasteiger partial charge in [-0.1, -0.05) is 36.4 Å². The van der Waals surface area contributed by atoms with Crippen LogP contribution in [0.5, 0.6) is 0 Å². The number of nitrogens with two attached hydrogens (primary N) is 1. The number of hydrogen-bond donors (Lipinski definition) is 3. The number of aromatic nitrogens is 1. The molecule has 0 spiro atoms. The molecular weight excluding hydrogens is 234 g/mol.